The first-order valence-corrected chi connectivity index (χ1v) is 8.29. The second-order valence-electron chi connectivity index (χ2n) is 7.46. The van der Waals surface area contributed by atoms with Gasteiger partial charge < -0.3 is 0 Å². The molecule has 0 aromatic heterocycles. The fraction of sp³-hybridized carbons (Fsp3) is 0.688. The first kappa shape index (κ1) is 16.6. The highest BCUT2D eigenvalue weighted by atomic mass is 16.2. The Kier molecular flexibility index (Phi) is 3.73. The third kappa shape index (κ3) is 2.32. The van der Waals surface area contributed by atoms with Crippen LogP contribution in [-0.4, -0.2) is 82.1 Å². The number of urea groups is 1. The summed E-state index contributed by atoms with van der Waals surface area (Å²) in [5.74, 6) is 0.913. The van der Waals surface area contributed by atoms with Crippen LogP contribution in [0.4, 0.5) is 4.79 Å². The molecule has 0 spiro atoms. The quantitative estimate of drug-likeness (QED) is 0.701. The minimum atomic E-state index is -0.556. The monoisotopic (exact) mass is 333 g/mol. The van der Waals surface area contributed by atoms with Crippen molar-refractivity contribution in [3.8, 4) is 0 Å². The van der Waals surface area contributed by atoms with Gasteiger partial charge in [-0.25, -0.2) is 9.37 Å². The maximum absolute atomic E-state index is 12.7. The Morgan fingerprint density at radius 1 is 1.21 bits per heavy atom. The molecule has 1 fully saturated rings. The molecule has 130 valence electrons. The fourth-order valence-corrected chi connectivity index (χ4v) is 3.09. The molecule has 3 amide bonds. The summed E-state index contributed by atoms with van der Waals surface area (Å²) in [5.41, 5.74) is 0.900. The van der Waals surface area contributed by atoms with E-state index in [0.717, 1.165) is 18.7 Å². The van der Waals surface area contributed by atoms with Gasteiger partial charge in [0.1, 0.15) is 6.54 Å². The number of fused-ring (bicyclic) bond motifs is 2. The van der Waals surface area contributed by atoms with Crippen LogP contribution in [0.25, 0.3) is 0 Å². The van der Waals surface area contributed by atoms with Gasteiger partial charge in [-0.2, -0.15) is 0 Å². The van der Waals surface area contributed by atoms with Crippen molar-refractivity contribution < 1.29 is 14.2 Å². The van der Waals surface area contributed by atoms with Gasteiger partial charge in [0.25, 0.3) is 5.91 Å². The molecule has 1 unspecified atom stereocenters. The summed E-state index contributed by atoms with van der Waals surface area (Å²) in [6.07, 6.45) is 0.913. The van der Waals surface area contributed by atoms with Crippen molar-refractivity contribution >= 4 is 29.4 Å². The number of hydrogen-bond donors (Lipinski definition) is 0. The SMILES string of the molecule is CCCN1N=C(C(C)(C)C)C[N+]2=C1N=C1C2C(=O)N(C)C(=O)N1C. The van der Waals surface area contributed by atoms with Gasteiger partial charge in [-0.1, -0.05) is 32.7 Å². The fourth-order valence-electron chi connectivity index (χ4n) is 3.09. The van der Waals surface area contributed by atoms with Crippen molar-refractivity contribution in [2.24, 2.45) is 15.5 Å². The van der Waals surface area contributed by atoms with Crippen LogP contribution in [0.15, 0.2) is 10.1 Å². The lowest BCUT2D eigenvalue weighted by Gasteiger charge is -2.33. The lowest BCUT2D eigenvalue weighted by atomic mass is 9.89. The number of hydrogen-bond acceptors (Lipinski definition) is 5. The zero-order valence-electron chi connectivity index (χ0n) is 15.2. The van der Waals surface area contributed by atoms with Crippen LogP contribution in [0.5, 0.6) is 0 Å². The van der Waals surface area contributed by atoms with Gasteiger partial charge in [0.2, 0.25) is 11.9 Å². The van der Waals surface area contributed by atoms with Gasteiger partial charge in [-0.15, -0.1) is 10.1 Å². The van der Waals surface area contributed by atoms with Gasteiger partial charge in [0, 0.05) is 19.5 Å². The maximum atomic E-state index is 12.7. The second kappa shape index (κ2) is 5.39. The summed E-state index contributed by atoms with van der Waals surface area (Å²) in [6, 6.07) is -0.908. The Balaban J connectivity index is 2.05. The Morgan fingerprint density at radius 3 is 2.46 bits per heavy atom. The second-order valence-corrected chi connectivity index (χ2v) is 7.46. The summed E-state index contributed by atoms with van der Waals surface area (Å²) in [4.78, 5) is 32.1. The molecular weight excluding hydrogens is 308 g/mol. The first-order chi connectivity index (χ1) is 11.2. The van der Waals surface area contributed by atoms with Crippen LogP contribution < -0.4 is 0 Å². The number of rotatable bonds is 2. The minimum Gasteiger partial charge on any atom is -0.270 e. The van der Waals surface area contributed by atoms with E-state index in [1.165, 1.54) is 16.8 Å². The molecule has 0 N–H and O–H groups in total. The predicted molar refractivity (Wildman–Crippen MR) is 91.2 cm³/mol. The molecule has 3 aliphatic heterocycles. The number of likely N-dealkylation sites (N-methyl/N-ethyl adjacent to an activating group) is 2. The molecule has 0 aliphatic carbocycles. The topological polar surface area (TPSA) is 71.6 Å². The average Bonchev–Trinajstić information content (AvgIpc) is 2.90. The molecule has 0 aromatic rings. The lowest BCUT2D eigenvalue weighted by molar-refractivity contribution is -0.528. The van der Waals surface area contributed by atoms with Crippen molar-refractivity contribution in [2.45, 2.75) is 40.2 Å². The van der Waals surface area contributed by atoms with E-state index in [0.29, 0.717) is 18.3 Å². The van der Waals surface area contributed by atoms with E-state index < -0.39 is 6.04 Å². The zero-order valence-corrected chi connectivity index (χ0v) is 15.2. The van der Waals surface area contributed by atoms with E-state index in [9.17, 15) is 9.59 Å². The zero-order chi connectivity index (χ0) is 17.8. The number of amidine groups is 1. The molecule has 8 nitrogen and oxygen atoms in total. The summed E-state index contributed by atoms with van der Waals surface area (Å²) in [7, 11) is 3.17. The summed E-state index contributed by atoms with van der Waals surface area (Å²) < 4.78 is 1.97. The van der Waals surface area contributed by atoms with E-state index in [-0.39, 0.29) is 17.4 Å². The Hall–Kier alpha value is -2.25. The smallest absolute Gasteiger partial charge is 0.270 e. The number of guanidine groups is 1. The third-order valence-electron chi connectivity index (χ3n) is 4.60. The Morgan fingerprint density at radius 2 is 1.88 bits per heavy atom. The van der Waals surface area contributed by atoms with Gasteiger partial charge in [-0.05, 0) is 6.42 Å². The van der Waals surface area contributed by atoms with Crippen molar-refractivity contribution in [1.82, 2.24) is 14.8 Å². The summed E-state index contributed by atoms with van der Waals surface area (Å²) >= 11 is 0. The van der Waals surface area contributed by atoms with E-state index in [1.807, 2.05) is 9.58 Å². The molecular formula is C16H25N6O2+. The molecule has 0 aromatic carbocycles. The maximum Gasteiger partial charge on any atom is 0.416 e. The number of nitrogens with zero attached hydrogens (tertiary/aromatic N) is 6. The first-order valence-electron chi connectivity index (χ1n) is 8.29. The van der Waals surface area contributed by atoms with E-state index in [4.69, 9.17) is 5.10 Å². The van der Waals surface area contributed by atoms with Gasteiger partial charge in [-0.3, -0.25) is 14.6 Å². The van der Waals surface area contributed by atoms with E-state index in [2.05, 4.69) is 32.7 Å². The molecule has 8 heteroatoms. The summed E-state index contributed by atoms with van der Waals surface area (Å²) in [5, 5.41) is 6.63. The molecule has 24 heavy (non-hydrogen) atoms. The average molecular weight is 333 g/mol. The molecule has 0 radical (unpaired) electrons. The number of carbonyl (C=O) groups is 2. The van der Waals surface area contributed by atoms with Crippen LogP contribution in [0, 0.1) is 5.41 Å². The number of hydrazone groups is 1. The normalized spacial score (nSPS) is 24.2. The van der Waals surface area contributed by atoms with E-state index >= 15 is 0 Å². The molecule has 3 rings (SSSR count). The number of aliphatic imine (C=N–C) groups is 1. The van der Waals surface area contributed by atoms with Gasteiger partial charge in [0.15, 0.2) is 0 Å². The highest BCUT2D eigenvalue weighted by Gasteiger charge is 2.54. The van der Waals surface area contributed by atoms with Crippen LogP contribution in [0.2, 0.25) is 0 Å². The van der Waals surface area contributed by atoms with Crippen LogP contribution in [0.1, 0.15) is 34.1 Å². The molecule has 0 saturated carbocycles. The van der Waals surface area contributed by atoms with Crippen LogP contribution >= 0.6 is 0 Å². The molecule has 1 saturated heterocycles. The van der Waals surface area contributed by atoms with Crippen LogP contribution in [0.3, 0.4) is 0 Å². The Labute approximate surface area is 142 Å². The lowest BCUT2D eigenvalue weighted by Crippen LogP contribution is -2.62. The predicted octanol–water partition coefficient (Wildman–Crippen LogP) is 0.787. The van der Waals surface area contributed by atoms with Crippen molar-refractivity contribution in [3.05, 3.63) is 0 Å². The van der Waals surface area contributed by atoms with Gasteiger partial charge >= 0.3 is 12.0 Å². The van der Waals surface area contributed by atoms with Crippen molar-refractivity contribution in [2.75, 3.05) is 27.2 Å². The van der Waals surface area contributed by atoms with Crippen molar-refractivity contribution in [3.63, 3.8) is 0 Å². The molecule has 3 heterocycles. The summed E-state index contributed by atoms with van der Waals surface area (Å²) in [6.45, 7) is 9.68. The molecule has 0 bridgehead atoms. The number of imide groups is 1. The van der Waals surface area contributed by atoms with E-state index in [1.54, 1.807) is 7.05 Å². The highest BCUT2D eigenvalue weighted by Crippen LogP contribution is 2.26. The van der Waals surface area contributed by atoms with Gasteiger partial charge in [0.05, 0.1) is 12.3 Å². The number of carbonyl (C=O) groups excluding carboxylic acids is 2. The van der Waals surface area contributed by atoms with Crippen LogP contribution in [-0.2, 0) is 4.79 Å². The molecule has 1 atom stereocenters. The Bertz CT molecular complexity index is 700. The number of amides is 3. The minimum absolute atomic E-state index is 0.106. The standard InChI is InChI=1S/C16H25N6O2/c1-7-8-22-14-17-12-11(13(23)20(6)15(24)19(12)5)21(14)9-10(18-22)16(2,3)4/h11H,7-9H2,1-6H3/q+1. The largest absolute Gasteiger partial charge is 0.416 e. The third-order valence-corrected chi connectivity index (χ3v) is 4.60. The highest BCUT2D eigenvalue weighted by molar-refractivity contribution is 6.23. The van der Waals surface area contributed by atoms with Crippen molar-refractivity contribution in [1.29, 1.82) is 0 Å². The molecule has 3 aliphatic rings.